The standard InChI is InChI=1S/C13H20N2O/c1-3-11-9-12(15(4-2)14-11)13(16)10-7-5-6-8-10/h9-10H,3-8H2,1-2H3. The third-order valence-corrected chi connectivity index (χ3v) is 3.47. The number of rotatable bonds is 4. The van der Waals surface area contributed by atoms with Crippen molar-refractivity contribution in [3.05, 3.63) is 17.5 Å². The van der Waals surface area contributed by atoms with Gasteiger partial charge in [-0.05, 0) is 32.3 Å². The number of nitrogens with zero attached hydrogens (tertiary/aromatic N) is 2. The average Bonchev–Trinajstić information content (AvgIpc) is 2.96. The van der Waals surface area contributed by atoms with Crippen LogP contribution in [-0.4, -0.2) is 15.6 Å². The van der Waals surface area contributed by atoms with E-state index in [4.69, 9.17) is 0 Å². The molecule has 1 heterocycles. The lowest BCUT2D eigenvalue weighted by Crippen LogP contribution is -2.16. The average molecular weight is 220 g/mol. The van der Waals surface area contributed by atoms with Crippen molar-refractivity contribution < 1.29 is 4.79 Å². The maximum absolute atomic E-state index is 12.3. The number of ketones is 1. The molecule has 1 fully saturated rings. The van der Waals surface area contributed by atoms with Crippen molar-refractivity contribution in [1.82, 2.24) is 9.78 Å². The summed E-state index contributed by atoms with van der Waals surface area (Å²) in [4.78, 5) is 12.3. The molecule has 0 saturated heterocycles. The molecule has 16 heavy (non-hydrogen) atoms. The minimum Gasteiger partial charge on any atom is -0.292 e. The Balaban J connectivity index is 2.23. The van der Waals surface area contributed by atoms with E-state index in [1.165, 1.54) is 12.8 Å². The summed E-state index contributed by atoms with van der Waals surface area (Å²) in [6.45, 7) is 4.90. The van der Waals surface area contributed by atoms with Gasteiger partial charge < -0.3 is 0 Å². The Bertz CT molecular complexity index is 375. The van der Waals surface area contributed by atoms with Crippen LogP contribution < -0.4 is 0 Å². The van der Waals surface area contributed by atoms with Gasteiger partial charge in [-0.1, -0.05) is 19.8 Å². The summed E-state index contributed by atoms with van der Waals surface area (Å²) in [7, 11) is 0. The van der Waals surface area contributed by atoms with E-state index in [2.05, 4.69) is 12.0 Å². The summed E-state index contributed by atoms with van der Waals surface area (Å²) in [5, 5.41) is 4.44. The van der Waals surface area contributed by atoms with Gasteiger partial charge in [0.2, 0.25) is 0 Å². The molecule has 0 N–H and O–H groups in total. The van der Waals surface area contributed by atoms with E-state index in [0.717, 1.165) is 37.2 Å². The zero-order valence-electron chi connectivity index (χ0n) is 10.2. The van der Waals surface area contributed by atoms with Crippen molar-refractivity contribution in [3.8, 4) is 0 Å². The van der Waals surface area contributed by atoms with Gasteiger partial charge in [0.05, 0.1) is 5.69 Å². The van der Waals surface area contributed by atoms with Crippen LogP contribution in [-0.2, 0) is 13.0 Å². The lowest BCUT2D eigenvalue weighted by molar-refractivity contribution is 0.0912. The number of Topliss-reactive ketones (excluding diaryl/α,β-unsaturated/α-hetero) is 1. The molecular weight excluding hydrogens is 200 g/mol. The monoisotopic (exact) mass is 220 g/mol. The Hall–Kier alpha value is -1.12. The highest BCUT2D eigenvalue weighted by atomic mass is 16.1. The molecule has 0 aliphatic heterocycles. The normalized spacial score (nSPS) is 16.9. The number of hydrogen-bond donors (Lipinski definition) is 0. The van der Waals surface area contributed by atoms with E-state index in [9.17, 15) is 4.79 Å². The molecule has 0 amide bonds. The van der Waals surface area contributed by atoms with Crippen molar-refractivity contribution in [2.75, 3.05) is 0 Å². The second kappa shape index (κ2) is 4.81. The van der Waals surface area contributed by atoms with Crippen molar-refractivity contribution in [1.29, 1.82) is 0 Å². The summed E-state index contributed by atoms with van der Waals surface area (Å²) >= 11 is 0. The van der Waals surface area contributed by atoms with E-state index in [-0.39, 0.29) is 5.92 Å². The van der Waals surface area contributed by atoms with Crippen LogP contribution in [0.2, 0.25) is 0 Å². The van der Waals surface area contributed by atoms with Gasteiger partial charge in [0.15, 0.2) is 5.78 Å². The summed E-state index contributed by atoms with van der Waals surface area (Å²) in [6.07, 6.45) is 5.44. The van der Waals surface area contributed by atoms with Crippen molar-refractivity contribution >= 4 is 5.78 Å². The number of hydrogen-bond acceptors (Lipinski definition) is 2. The Morgan fingerprint density at radius 1 is 1.44 bits per heavy atom. The zero-order chi connectivity index (χ0) is 11.5. The first kappa shape index (κ1) is 11.4. The maximum Gasteiger partial charge on any atom is 0.183 e. The molecule has 1 aliphatic rings. The van der Waals surface area contributed by atoms with Gasteiger partial charge in [0.25, 0.3) is 0 Å². The van der Waals surface area contributed by atoms with Crippen molar-refractivity contribution in [2.24, 2.45) is 5.92 Å². The summed E-state index contributed by atoms with van der Waals surface area (Å²) < 4.78 is 1.86. The third kappa shape index (κ3) is 2.04. The van der Waals surface area contributed by atoms with E-state index in [1.807, 2.05) is 17.7 Å². The molecule has 0 aromatic carbocycles. The van der Waals surface area contributed by atoms with Crippen LogP contribution in [0.3, 0.4) is 0 Å². The van der Waals surface area contributed by atoms with Gasteiger partial charge in [-0.3, -0.25) is 9.48 Å². The Morgan fingerprint density at radius 3 is 2.69 bits per heavy atom. The fourth-order valence-corrected chi connectivity index (χ4v) is 2.48. The lowest BCUT2D eigenvalue weighted by atomic mass is 10.00. The molecule has 0 radical (unpaired) electrons. The Kier molecular flexibility index (Phi) is 3.42. The molecule has 3 heteroatoms. The van der Waals surface area contributed by atoms with Crippen LogP contribution in [0.4, 0.5) is 0 Å². The first-order chi connectivity index (χ1) is 7.76. The van der Waals surface area contributed by atoms with Gasteiger partial charge in [-0.15, -0.1) is 0 Å². The topological polar surface area (TPSA) is 34.9 Å². The van der Waals surface area contributed by atoms with Gasteiger partial charge >= 0.3 is 0 Å². The zero-order valence-corrected chi connectivity index (χ0v) is 10.2. The quantitative estimate of drug-likeness (QED) is 0.731. The summed E-state index contributed by atoms with van der Waals surface area (Å²) in [6, 6.07) is 1.98. The molecule has 0 atom stereocenters. The second-order valence-corrected chi connectivity index (χ2v) is 4.54. The highest BCUT2D eigenvalue weighted by molar-refractivity contribution is 5.96. The van der Waals surface area contributed by atoms with E-state index in [0.29, 0.717) is 5.78 Å². The van der Waals surface area contributed by atoms with E-state index in [1.54, 1.807) is 0 Å². The van der Waals surface area contributed by atoms with Crippen LogP contribution in [0.5, 0.6) is 0 Å². The number of aromatic nitrogens is 2. The Labute approximate surface area is 96.8 Å². The van der Waals surface area contributed by atoms with Crippen LogP contribution >= 0.6 is 0 Å². The summed E-state index contributed by atoms with van der Waals surface area (Å²) in [5.74, 6) is 0.568. The molecule has 88 valence electrons. The molecule has 2 rings (SSSR count). The molecule has 1 aromatic heterocycles. The lowest BCUT2D eigenvalue weighted by Gasteiger charge is -2.08. The van der Waals surface area contributed by atoms with Crippen molar-refractivity contribution in [2.45, 2.75) is 52.5 Å². The van der Waals surface area contributed by atoms with Gasteiger partial charge in [-0.2, -0.15) is 5.10 Å². The van der Waals surface area contributed by atoms with Crippen molar-refractivity contribution in [3.63, 3.8) is 0 Å². The fourth-order valence-electron chi connectivity index (χ4n) is 2.48. The number of carbonyl (C=O) groups is 1. The van der Waals surface area contributed by atoms with Gasteiger partial charge in [-0.25, -0.2) is 0 Å². The van der Waals surface area contributed by atoms with Crippen LogP contribution in [0.25, 0.3) is 0 Å². The second-order valence-electron chi connectivity index (χ2n) is 4.54. The van der Waals surface area contributed by atoms with E-state index < -0.39 is 0 Å². The molecule has 0 bridgehead atoms. The largest absolute Gasteiger partial charge is 0.292 e. The van der Waals surface area contributed by atoms with Gasteiger partial charge in [0, 0.05) is 12.5 Å². The molecule has 0 spiro atoms. The molecule has 3 nitrogen and oxygen atoms in total. The molecule has 1 aromatic rings. The first-order valence-corrected chi connectivity index (χ1v) is 6.37. The highest BCUT2D eigenvalue weighted by Crippen LogP contribution is 2.28. The minimum atomic E-state index is 0.256. The van der Waals surface area contributed by atoms with Crippen LogP contribution in [0.15, 0.2) is 6.07 Å². The third-order valence-electron chi connectivity index (χ3n) is 3.47. The maximum atomic E-state index is 12.3. The van der Waals surface area contributed by atoms with E-state index >= 15 is 0 Å². The molecule has 1 aliphatic carbocycles. The fraction of sp³-hybridized carbons (Fsp3) is 0.692. The smallest absolute Gasteiger partial charge is 0.183 e. The molecule has 0 unspecified atom stereocenters. The SMILES string of the molecule is CCc1cc(C(=O)C2CCCC2)n(CC)n1. The predicted molar refractivity (Wildman–Crippen MR) is 63.6 cm³/mol. The minimum absolute atomic E-state index is 0.256. The van der Waals surface area contributed by atoms with Crippen LogP contribution in [0, 0.1) is 5.92 Å². The number of carbonyl (C=O) groups excluding carboxylic acids is 1. The predicted octanol–water partition coefficient (Wildman–Crippen LogP) is 2.84. The molecule has 1 saturated carbocycles. The summed E-state index contributed by atoms with van der Waals surface area (Å²) in [5.41, 5.74) is 1.86. The van der Waals surface area contributed by atoms with Gasteiger partial charge in [0.1, 0.15) is 5.69 Å². The molecular formula is C13H20N2O. The number of aryl methyl sites for hydroxylation is 2. The highest BCUT2D eigenvalue weighted by Gasteiger charge is 2.26. The van der Waals surface area contributed by atoms with Crippen LogP contribution in [0.1, 0.15) is 55.7 Å². The Morgan fingerprint density at radius 2 is 2.12 bits per heavy atom. The first-order valence-electron chi connectivity index (χ1n) is 6.37.